The second-order valence-corrected chi connectivity index (χ2v) is 7.88. The Kier molecular flexibility index (Phi) is 6.17. The van der Waals surface area contributed by atoms with Crippen molar-refractivity contribution in [2.24, 2.45) is 0 Å². The van der Waals surface area contributed by atoms with Gasteiger partial charge in [-0.05, 0) is 40.2 Å². The van der Waals surface area contributed by atoms with Crippen LogP contribution in [0, 0.1) is 20.8 Å². The predicted molar refractivity (Wildman–Crippen MR) is 96.6 cm³/mol. The number of hydrogen-bond donors (Lipinski definition) is 1. The summed E-state index contributed by atoms with van der Waals surface area (Å²) in [6, 6.07) is 0.0210. The minimum absolute atomic E-state index is 0.0210. The van der Waals surface area contributed by atoms with Crippen LogP contribution in [-0.4, -0.2) is 40.2 Å². The van der Waals surface area contributed by atoms with Gasteiger partial charge in [-0.3, -0.25) is 9.59 Å². The zero-order chi connectivity index (χ0) is 17.9. The van der Waals surface area contributed by atoms with Crippen LogP contribution in [0.25, 0.3) is 10.2 Å². The smallest absolute Gasteiger partial charge is 0.316 e. The molecular formula is C16H21N3O3S2. The fourth-order valence-corrected chi connectivity index (χ4v) is 4.17. The van der Waals surface area contributed by atoms with Crippen molar-refractivity contribution in [3.05, 3.63) is 16.3 Å². The molecule has 0 aliphatic rings. The summed E-state index contributed by atoms with van der Waals surface area (Å²) >= 11 is 2.94. The highest BCUT2D eigenvalue weighted by atomic mass is 32.2. The van der Waals surface area contributed by atoms with Crippen molar-refractivity contribution in [1.82, 2.24) is 15.3 Å². The molecule has 1 amide bonds. The molecule has 0 atom stereocenters. The number of nitrogens with zero attached hydrogens (tertiary/aromatic N) is 2. The van der Waals surface area contributed by atoms with Crippen molar-refractivity contribution in [1.29, 1.82) is 0 Å². The molecule has 24 heavy (non-hydrogen) atoms. The molecule has 6 nitrogen and oxygen atoms in total. The minimum Gasteiger partial charge on any atom is -0.455 e. The lowest BCUT2D eigenvalue weighted by atomic mass is 10.2. The molecule has 0 fully saturated rings. The number of carbonyl (C=O) groups is 2. The highest BCUT2D eigenvalue weighted by molar-refractivity contribution is 8.00. The maximum Gasteiger partial charge on any atom is 0.316 e. The molecule has 0 saturated carbocycles. The van der Waals surface area contributed by atoms with E-state index in [1.165, 1.54) is 16.6 Å². The molecule has 130 valence electrons. The van der Waals surface area contributed by atoms with Gasteiger partial charge in [0.1, 0.15) is 15.7 Å². The van der Waals surface area contributed by atoms with Gasteiger partial charge in [-0.25, -0.2) is 9.97 Å². The first-order valence-electron chi connectivity index (χ1n) is 7.60. The van der Waals surface area contributed by atoms with Crippen LogP contribution in [0.4, 0.5) is 0 Å². The van der Waals surface area contributed by atoms with Crippen molar-refractivity contribution in [3.8, 4) is 0 Å². The topological polar surface area (TPSA) is 81.2 Å². The lowest BCUT2D eigenvalue weighted by Crippen LogP contribution is -2.34. The third-order valence-corrected chi connectivity index (χ3v) is 5.30. The van der Waals surface area contributed by atoms with E-state index in [0.29, 0.717) is 5.82 Å². The Balaban J connectivity index is 2.00. The fraction of sp³-hybridized carbons (Fsp3) is 0.500. The first-order valence-corrected chi connectivity index (χ1v) is 9.40. The zero-order valence-corrected chi connectivity index (χ0v) is 16.1. The Morgan fingerprint density at radius 1 is 1.25 bits per heavy atom. The summed E-state index contributed by atoms with van der Waals surface area (Å²) in [7, 11) is 0. The predicted octanol–water partition coefficient (Wildman–Crippen LogP) is 2.78. The molecule has 0 aliphatic heterocycles. The average Bonchev–Trinajstić information content (AvgIpc) is 2.76. The number of fused-ring (bicyclic) bond motifs is 1. The number of aromatic nitrogens is 2. The second-order valence-electron chi connectivity index (χ2n) is 5.71. The van der Waals surface area contributed by atoms with E-state index >= 15 is 0 Å². The summed E-state index contributed by atoms with van der Waals surface area (Å²) in [4.78, 5) is 34.4. The molecule has 0 aromatic carbocycles. The highest BCUT2D eigenvalue weighted by Crippen LogP contribution is 2.35. The van der Waals surface area contributed by atoms with E-state index in [1.54, 1.807) is 11.3 Å². The number of carbonyl (C=O) groups excluding carboxylic acids is 2. The van der Waals surface area contributed by atoms with E-state index < -0.39 is 5.97 Å². The summed E-state index contributed by atoms with van der Waals surface area (Å²) in [5.74, 6) is 0.0475. The third kappa shape index (κ3) is 4.67. The minimum atomic E-state index is -0.437. The van der Waals surface area contributed by atoms with Crippen molar-refractivity contribution in [3.63, 3.8) is 0 Å². The average molecular weight is 367 g/mol. The summed E-state index contributed by atoms with van der Waals surface area (Å²) in [5, 5.41) is 4.45. The fourth-order valence-electron chi connectivity index (χ4n) is 2.10. The van der Waals surface area contributed by atoms with Crippen molar-refractivity contribution in [2.45, 2.75) is 45.7 Å². The number of hydrogen-bond acceptors (Lipinski definition) is 7. The second kappa shape index (κ2) is 7.94. The molecular weight excluding hydrogens is 346 g/mol. The number of esters is 1. The first kappa shape index (κ1) is 18.7. The SMILES string of the molecule is Cc1nc(SCC(=O)OCC(=O)NC(C)C)c2c(C)c(C)sc2n1. The van der Waals surface area contributed by atoms with E-state index in [4.69, 9.17) is 4.74 Å². The van der Waals surface area contributed by atoms with Crippen LogP contribution >= 0.6 is 23.1 Å². The Bertz CT molecular complexity index is 772. The summed E-state index contributed by atoms with van der Waals surface area (Å²) in [5.41, 5.74) is 1.14. The van der Waals surface area contributed by atoms with E-state index in [-0.39, 0.29) is 24.3 Å². The van der Waals surface area contributed by atoms with Crippen LogP contribution in [0.1, 0.15) is 30.1 Å². The third-order valence-electron chi connectivity index (χ3n) is 3.25. The molecule has 2 aromatic rings. The van der Waals surface area contributed by atoms with Gasteiger partial charge in [-0.2, -0.15) is 0 Å². The molecule has 0 radical (unpaired) electrons. The number of amides is 1. The van der Waals surface area contributed by atoms with E-state index in [9.17, 15) is 9.59 Å². The van der Waals surface area contributed by atoms with Gasteiger partial charge in [0.25, 0.3) is 5.91 Å². The number of rotatable bonds is 6. The van der Waals surface area contributed by atoms with Crippen LogP contribution in [0.3, 0.4) is 0 Å². The highest BCUT2D eigenvalue weighted by Gasteiger charge is 2.16. The van der Waals surface area contributed by atoms with Crippen LogP contribution in [0.15, 0.2) is 5.03 Å². The molecule has 8 heteroatoms. The number of nitrogens with one attached hydrogen (secondary N) is 1. The van der Waals surface area contributed by atoms with Gasteiger partial charge in [0, 0.05) is 16.3 Å². The van der Waals surface area contributed by atoms with Crippen molar-refractivity contribution >= 4 is 45.2 Å². The largest absolute Gasteiger partial charge is 0.455 e. The molecule has 1 N–H and O–H groups in total. The van der Waals surface area contributed by atoms with Gasteiger partial charge in [0.15, 0.2) is 6.61 Å². The summed E-state index contributed by atoms with van der Waals surface area (Å²) < 4.78 is 4.99. The first-order chi connectivity index (χ1) is 11.3. The monoisotopic (exact) mass is 367 g/mol. The molecule has 2 aromatic heterocycles. The van der Waals surface area contributed by atoms with Crippen LogP contribution < -0.4 is 5.32 Å². The molecule has 0 bridgehead atoms. The summed E-state index contributed by atoms with van der Waals surface area (Å²) in [6.07, 6.45) is 0. The van der Waals surface area contributed by atoms with Crippen molar-refractivity contribution < 1.29 is 14.3 Å². The number of thioether (sulfide) groups is 1. The van der Waals surface area contributed by atoms with E-state index in [2.05, 4.69) is 15.3 Å². The van der Waals surface area contributed by atoms with Gasteiger partial charge in [0.05, 0.1) is 5.75 Å². The number of ether oxygens (including phenoxy) is 1. The van der Waals surface area contributed by atoms with E-state index in [0.717, 1.165) is 20.8 Å². The van der Waals surface area contributed by atoms with Crippen LogP contribution in [0.5, 0.6) is 0 Å². The van der Waals surface area contributed by atoms with Gasteiger partial charge in [-0.15, -0.1) is 11.3 Å². The Labute approximate surface area is 149 Å². The molecule has 0 unspecified atom stereocenters. The Hall–Kier alpha value is -1.67. The molecule has 0 spiro atoms. The standard InChI is InChI=1S/C16H21N3O3S2/c1-8(2)17-12(20)6-22-13(21)7-23-15-14-9(3)10(4)24-16(14)19-11(5)18-15/h8H,6-7H2,1-5H3,(H,17,20). The molecule has 2 heterocycles. The quantitative estimate of drug-likeness (QED) is 0.480. The van der Waals surface area contributed by atoms with Gasteiger partial charge in [0.2, 0.25) is 0 Å². The molecule has 0 saturated heterocycles. The van der Waals surface area contributed by atoms with Crippen molar-refractivity contribution in [2.75, 3.05) is 12.4 Å². The zero-order valence-electron chi connectivity index (χ0n) is 14.4. The lowest BCUT2D eigenvalue weighted by molar-refractivity contribution is -0.146. The lowest BCUT2D eigenvalue weighted by Gasteiger charge is -2.09. The Morgan fingerprint density at radius 2 is 1.96 bits per heavy atom. The molecule has 0 aliphatic carbocycles. The number of thiophene rings is 1. The van der Waals surface area contributed by atoms with Gasteiger partial charge < -0.3 is 10.1 Å². The summed E-state index contributed by atoms with van der Waals surface area (Å²) in [6.45, 7) is 9.36. The maximum absolute atomic E-state index is 11.9. The van der Waals surface area contributed by atoms with Gasteiger partial charge in [-0.1, -0.05) is 11.8 Å². The van der Waals surface area contributed by atoms with Crippen LogP contribution in [0.2, 0.25) is 0 Å². The Morgan fingerprint density at radius 3 is 2.62 bits per heavy atom. The van der Waals surface area contributed by atoms with Crippen LogP contribution in [-0.2, 0) is 14.3 Å². The maximum atomic E-state index is 11.9. The molecule has 2 rings (SSSR count). The van der Waals surface area contributed by atoms with E-state index in [1.807, 2.05) is 34.6 Å². The normalized spacial score (nSPS) is 11.1. The van der Waals surface area contributed by atoms with Gasteiger partial charge >= 0.3 is 5.97 Å². The number of aryl methyl sites for hydroxylation is 3.